The molecular weight excluding hydrogens is 270 g/mol. The van der Waals surface area contributed by atoms with Gasteiger partial charge in [0.05, 0.1) is 12.6 Å². The normalized spacial score (nSPS) is 19.9. The summed E-state index contributed by atoms with van der Waals surface area (Å²) in [4.78, 5) is 0. The maximum atomic E-state index is 4.23. The molecule has 0 amide bonds. The molecule has 114 valence electrons. The van der Waals surface area contributed by atoms with Crippen molar-refractivity contribution in [2.45, 2.75) is 69.7 Å². The number of nitrogens with zero attached hydrogens (tertiary/aromatic N) is 4. The number of hydrogen-bond donors (Lipinski definition) is 1. The van der Waals surface area contributed by atoms with E-state index in [1.165, 1.54) is 32.1 Å². The van der Waals surface area contributed by atoms with Gasteiger partial charge in [-0.15, -0.1) is 5.10 Å². The van der Waals surface area contributed by atoms with Crippen molar-refractivity contribution in [1.82, 2.24) is 25.5 Å². The smallest absolute Gasteiger partial charge is 0.167 e. The Bertz CT molecular complexity index is 400. The minimum Gasteiger partial charge on any atom is -0.307 e. The maximum Gasteiger partial charge on any atom is 0.167 e. The second-order valence-electron chi connectivity index (χ2n) is 5.82. The quantitative estimate of drug-likeness (QED) is 0.838. The Hall–Kier alpha value is -0.620. The summed E-state index contributed by atoms with van der Waals surface area (Å²) in [6, 6.07) is 0.215. The van der Waals surface area contributed by atoms with Crippen LogP contribution in [0.2, 0.25) is 0 Å². The summed E-state index contributed by atoms with van der Waals surface area (Å²) in [6.07, 6.45) is 9.96. The van der Waals surface area contributed by atoms with Gasteiger partial charge in [0.1, 0.15) is 0 Å². The van der Waals surface area contributed by atoms with Crippen LogP contribution < -0.4 is 5.32 Å². The fraction of sp³-hybridized carbons (Fsp3) is 0.929. The van der Waals surface area contributed by atoms with E-state index in [9.17, 15) is 0 Å². The monoisotopic (exact) mass is 297 g/mol. The van der Waals surface area contributed by atoms with Gasteiger partial charge in [0.25, 0.3) is 0 Å². The molecule has 1 unspecified atom stereocenters. The third-order valence-corrected chi connectivity index (χ3v) is 5.69. The zero-order valence-electron chi connectivity index (χ0n) is 12.9. The van der Waals surface area contributed by atoms with E-state index in [0.29, 0.717) is 4.75 Å². The fourth-order valence-corrected chi connectivity index (χ4v) is 3.93. The Morgan fingerprint density at radius 2 is 2.10 bits per heavy atom. The Kier molecular flexibility index (Phi) is 5.84. The number of tetrazole rings is 1. The number of thioether (sulfide) groups is 1. The summed E-state index contributed by atoms with van der Waals surface area (Å²) in [5.74, 6) is 0.970. The van der Waals surface area contributed by atoms with E-state index in [-0.39, 0.29) is 6.04 Å². The van der Waals surface area contributed by atoms with Crippen LogP contribution in [0.4, 0.5) is 0 Å². The molecule has 1 fully saturated rings. The third-order valence-electron chi connectivity index (χ3n) is 4.28. The first-order chi connectivity index (χ1) is 9.71. The molecular formula is C14H27N5S. The molecule has 0 aliphatic heterocycles. The van der Waals surface area contributed by atoms with Crippen LogP contribution >= 0.6 is 11.8 Å². The van der Waals surface area contributed by atoms with Crippen molar-refractivity contribution >= 4 is 11.8 Å². The van der Waals surface area contributed by atoms with Crippen LogP contribution in [0.1, 0.15) is 64.2 Å². The molecule has 0 aromatic carbocycles. The van der Waals surface area contributed by atoms with Gasteiger partial charge in [0.15, 0.2) is 5.82 Å². The highest BCUT2D eigenvalue weighted by Gasteiger charge is 2.33. The van der Waals surface area contributed by atoms with Gasteiger partial charge >= 0.3 is 0 Å². The maximum absolute atomic E-state index is 4.23. The van der Waals surface area contributed by atoms with Crippen molar-refractivity contribution in [3.8, 4) is 0 Å². The van der Waals surface area contributed by atoms with E-state index in [1.54, 1.807) is 0 Å². The molecule has 5 nitrogen and oxygen atoms in total. The molecule has 1 aromatic rings. The summed E-state index contributed by atoms with van der Waals surface area (Å²) in [7, 11) is 0. The van der Waals surface area contributed by atoms with Crippen molar-refractivity contribution < 1.29 is 0 Å². The fourth-order valence-electron chi connectivity index (χ4n) is 2.98. The SMILES string of the molecule is CCCNC(C)c1nnnn1CC1(SC)CCCCC1. The van der Waals surface area contributed by atoms with Gasteiger partial charge in [-0.1, -0.05) is 26.2 Å². The van der Waals surface area contributed by atoms with Crippen molar-refractivity contribution in [3.63, 3.8) is 0 Å². The molecule has 0 spiro atoms. The first kappa shape index (κ1) is 15.8. The molecule has 0 bridgehead atoms. The molecule has 20 heavy (non-hydrogen) atoms. The van der Waals surface area contributed by atoms with E-state index in [0.717, 1.165) is 25.3 Å². The van der Waals surface area contributed by atoms with Crippen LogP contribution in [0.25, 0.3) is 0 Å². The second kappa shape index (κ2) is 7.41. The van der Waals surface area contributed by atoms with Gasteiger partial charge in [0, 0.05) is 4.75 Å². The lowest BCUT2D eigenvalue weighted by atomic mass is 9.88. The molecule has 1 atom stereocenters. The molecule has 2 rings (SSSR count). The largest absolute Gasteiger partial charge is 0.307 e. The Balaban J connectivity index is 2.07. The van der Waals surface area contributed by atoms with Crippen LogP contribution in [0, 0.1) is 0 Å². The molecule has 1 N–H and O–H groups in total. The molecule has 0 radical (unpaired) electrons. The first-order valence-electron chi connectivity index (χ1n) is 7.75. The van der Waals surface area contributed by atoms with Gasteiger partial charge in [-0.25, -0.2) is 4.68 Å². The van der Waals surface area contributed by atoms with E-state index in [2.05, 4.69) is 40.9 Å². The minimum absolute atomic E-state index is 0.215. The van der Waals surface area contributed by atoms with Crippen LogP contribution in [0.3, 0.4) is 0 Å². The van der Waals surface area contributed by atoms with Gasteiger partial charge in [-0.3, -0.25) is 0 Å². The van der Waals surface area contributed by atoms with Crippen molar-refractivity contribution in [2.75, 3.05) is 12.8 Å². The zero-order chi connectivity index (χ0) is 14.4. The van der Waals surface area contributed by atoms with E-state index in [1.807, 2.05) is 16.4 Å². The molecule has 1 saturated carbocycles. The third kappa shape index (κ3) is 3.73. The highest BCUT2D eigenvalue weighted by Crippen LogP contribution is 2.40. The van der Waals surface area contributed by atoms with E-state index < -0.39 is 0 Å². The van der Waals surface area contributed by atoms with Crippen molar-refractivity contribution in [3.05, 3.63) is 5.82 Å². The standard InChI is InChI=1S/C14H27N5S/c1-4-10-15-12(2)13-16-17-18-19(13)11-14(20-3)8-6-5-7-9-14/h12,15H,4-11H2,1-3H3. The molecule has 1 aliphatic carbocycles. The molecule has 1 aliphatic rings. The van der Waals surface area contributed by atoms with Crippen LogP contribution in [0.15, 0.2) is 0 Å². The lowest BCUT2D eigenvalue weighted by Gasteiger charge is -2.35. The van der Waals surface area contributed by atoms with Crippen LogP contribution in [0.5, 0.6) is 0 Å². The molecule has 1 aromatic heterocycles. The summed E-state index contributed by atoms with van der Waals surface area (Å²) in [5, 5.41) is 15.8. The minimum atomic E-state index is 0.215. The average molecular weight is 297 g/mol. The zero-order valence-corrected chi connectivity index (χ0v) is 13.7. The summed E-state index contributed by atoms with van der Waals surface area (Å²) in [6.45, 7) is 6.26. The Labute approximate surface area is 126 Å². The van der Waals surface area contributed by atoms with Crippen molar-refractivity contribution in [1.29, 1.82) is 0 Å². The molecule has 0 saturated heterocycles. The topological polar surface area (TPSA) is 55.6 Å². The lowest BCUT2D eigenvalue weighted by molar-refractivity contribution is 0.333. The van der Waals surface area contributed by atoms with Gasteiger partial charge in [-0.2, -0.15) is 11.8 Å². The number of rotatable bonds is 7. The van der Waals surface area contributed by atoms with Gasteiger partial charge in [-0.05, 0) is 49.4 Å². The summed E-state index contributed by atoms with van der Waals surface area (Å²) in [5.41, 5.74) is 0. The average Bonchev–Trinajstić information content (AvgIpc) is 2.93. The van der Waals surface area contributed by atoms with E-state index >= 15 is 0 Å². The summed E-state index contributed by atoms with van der Waals surface area (Å²) >= 11 is 1.99. The van der Waals surface area contributed by atoms with Crippen molar-refractivity contribution in [2.24, 2.45) is 0 Å². The van der Waals surface area contributed by atoms with Crippen LogP contribution in [-0.4, -0.2) is 37.8 Å². The number of hydrogen-bond acceptors (Lipinski definition) is 5. The number of aromatic nitrogens is 4. The molecule has 1 heterocycles. The Morgan fingerprint density at radius 3 is 2.75 bits per heavy atom. The van der Waals surface area contributed by atoms with Gasteiger partial charge in [0.2, 0.25) is 0 Å². The predicted molar refractivity (Wildman–Crippen MR) is 83.9 cm³/mol. The van der Waals surface area contributed by atoms with Crippen LogP contribution in [-0.2, 0) is 6.54 Å². The first-order valence-corrected chi connectivity index (χ1v) is 8.98. The predicted octanol–water partition coefficient (Wildman–Crippen LogP) is 2.80. The highest BCUT2D eigenvalue weighted by molar-refractivity contribution is 8.00. The Morgan fingerprint density at radius 1 is 1.35 bits per heavy atom. The molecule has 6 heteroatoms. The van der Waals surface area contributed by atoms with Gasteiger partial charge < -0.3 is 5.32 Å². The second-order valence-corrected chi connectivity index (χ2v) is 7.09. The summed E-state index contributed by atoms with van der Waals surface area (Å²) < 4.78 is 2.35. The highest BCUT2D eigenvalue weighted by atomic mass is 32.2. The lowest BCUT2D eigenvalue weighted by Crippen LogP contribution is -2.35. The number of nitrogens with one attached hydrogen (secondary N) is 1. The van der Waals surface area contributed by atoms with E-state index in [4.69, 9.17) is 0 Å².